The van der Waals surface area contributed by atoms with E-state index in [-0.39, 0.29) is 11.7 Å². The number of ether oxygens (including phenoxy) is 1. The zero-order valence-corrected chi connectivity index (χ0v) is 13.5. The molecule has 3 N–H and O–H groups in total. The molecule has 1 aromatic rings. The van der Waals surface area contributed by atoms with Crippen molar-refractivity contribution < 1.29 is 9.53 Å². The lowest BCUT2D eigenvalue weighted by Gasteiger charge is -2.21. The number of hydrogen-bond donors (Lipinski definition) is 2. The number of aromatic nitrogens is 1. The van der Waals surface area contributed by atoms with Gasteiger partial charge in [-0.2, -0.15) is 0 Å². The Kier molecular flexibility index (Phi) is 5.81. The summed E-state index contributed by atoms with van der Waals surface area (Å²) >= 11 is 1.30. The first-order valence-electron chi connectivity index (χ1n) is 7.41. The number of carbonyl (C=O) groups is 1. The predicted molar refractivity (Wildman–Crippen MR) is 86.0 cm³/mol. The van der Waals surface area contributed by atoms with Crippen LogP contribution in [0.5, 0.6) is 0 Å². The maximum Gasteiger partial charge on any atom is 0.265 e. The zero-order valence-electron chi connectivity index (χ0n) is 12.7. The van der Waals surface area contributed by atoms with Crippen molar-refractivity contribution in [1.82, 2.24) is 10.3 Å². The molecular weight excluding hydrogens is 288 g/mol. The molecule has 0 atom stereocenters. The monoisotopic (exact) mass is 312 g/mol. The minimum atomic E-state index is -0.176. The van der Waals surface area contributed by atoms with Gasteiger partial charge in [-0.15, -0.1) is 0 Å². The van der Waals surface area contributed by atoms with Crippen molar-refractivity contribution in [3.63, 3.8) is 0 Å². The minimum absolute atomic E-state index is 0.176. The van der Waals surface area contributed by atoms with Gasteiger partial charge in [0.1, 0.15) is 10.7 Å². The third kappa shape index (κ3) is 4.57. The fraction of sp³-hybridized carbons (Fsp3) is 0.714. The summed E-state index contributed by atoms with van der Waals surface area (Å²) in [6.45, 7) is 1.06. The standard InChI is InChI=1S/C14H24N4O2S/c1-18(2)14-17-12(15)11(21-14)13(19)16-8-9-20-10-6-4-3-5-7-10/h10H,3-9,15H2,1-2H3,(H,16,19). The van der Waals surface area contributed by atoms with Crippen LogP contribution in [0.3, 0.4) is 0 Å². The SMILES string of the molecule is CN(C)c1nc(N)c(C(=O)NCCOC2CCCCC2)s1. The van der Waals surface area contributed by atoms with E-state index in [1.165, 1.54) is 30.6 Å². The lowest BCUT2D eigenvalue weighted by molar-refractivity contribution is 0.0300. The van der Waals surface area contributed by atoms with Crippen LogP contribution in [0.15, 0.2) is 0 Å². The predicted octanol–water partition coefficient (Wildman–Crippen LogP) is 1.87. The van der Waals surface area contributed by atoms with Gasteiger partial charge in [-0.3, -0.25) is 4.79 Å². The van der Waals surface area contributed by atoms with Crippen LogP contribution in [0.4, 0.5) is 10.9 Å². The van der Waals surface area contributed by atoms with Crippen molar-refractivity contribution in [2.45, 2.75) is 38.2 Å². The Labute approximate surface area is 129 Å². The molecular formula is C14H24N4O2S. The summed E-state index contributed by atoms with van der Waals surface area (Å²) in [7, 11) is 3.75. The van der Waals surface area contributed by atoms with E-state index in [1.54, 1.807) is 0 Å². The van der Waals surface area contributed by atoms with Crippen LogP contribution in [0, 0.1) is 0 Å². The van der Waals surface area contributed by atoms with Gasteiger partial charge in [0, 0.05) is 20.6 Å². The summed E-state index contributed by atoms with van der Waals surface area (Å²) < 4.78 is 5.78. The normalized spacial score (nSPS) is 15.9. The highest BCUT2D eigenvalue weighted by molar-refractivity contribution is 7.18. The second kappa shape index (κ2) is 7.61. The molecule has 0 unspecified atom stereocenters. The molecule has 1 aliphatic rings. The second-order valence-corrected chi connectivity index (χ2v) is 6.47. The van der Waals surface area contributed by atoms with Gasteiger partial charge < -0.3 is 20.7 Å². The van der Waals surface area contributed by atoms with Crippen LogP contribution in [-0.2, 0) is 4.74 Å². The molecule has 21 heavy (non-hydrogen) atoms. The first-order chi connectivity index (χ1) is 10.1. The number of carbonyl (C=O) groups excluding carboxylic acids is 1. The van der Waals surface area contributed by atoms with E-state index in [0.29, 0.717) is 24.1 Å². The first-order valence-corrected chi connectivity index (χ1v) is 8.23. The molecule has 1 amide bonds. The van der Waals surface area contributed by atoms with Gasteiger partial charge in [-0.25, -0.2) is 4.98 Å². The van der Waals surface area contributed by atoms with E-state index < -0.39 is 0 Å². The number of rotatable bonds is 6. The molecule has 1 saturated carbocycles. The van der Waals surface area contributed by atoms with Gasteiger partial charge in [0.05, 0.1) is 12.7 Å². The molecule has 0 spiro atoms. The van der Waals surface area contributed by atoms with Crippen LogP contribution < -0.4 is 16.0 Å². The van der Waals surface area contributed by atoms with Crippen LogP contribution >= 0.6 is 11.3 Å². The van der Waals surface area contributed by atoms with Gasteiger partial charge in [0.15, 0.2) is 5.13 Å². The highest BCUT2D eigenvalue weighted by Gasteiger charge is 2.17. The molecule has 0 aromatic carbocycles. The van der Waals surface area contributed by atoms with E-state index >= 15 is 0 Å². The molecule has 118 valence electrons. The molecule has 1 aromatic heterocycles. The Morgan fingerprint density at radius 1 is 1.43 bits per heavy atom. The number of amides is 1. The van der Waals surface area contributed by atoms with E-state index in [9.17, 15) is 4.79 Å². The maximum absolute atomic E-state index is 12.1. The van der Waals surface area contributed by atoms with Crippen molar-refractivity contribution in [3.05, 3.63) is 4.88 Å². The van der Waals surface area contributed by atoms with Gasteiger partial charge >= 0.3 is 0 Å². The van der Waals surface area contributed by atoms with E-state index in [0.717, 1.165) is 18.0 Å². The quantitative estimate of drug-likeness (QED) is 0.784. The number of nitrogens with zero attached hydrogens (tertiary/aromatic N) is 2. The summed E-state index contributed by atoms with van der Waals surface area (Å²) in [5, 5.41) is 3.57. The third-order valence-electron chi connectivity index (χ3n) is 3.52. The average molecular weight is 312 g/mol. The fourth-order valence-electron chi connectivity index (χ4n) is 2.38. The van der Waals surface area contributed by atoms with E-state index in [1.807, 2.05) is 19.0 Å². The lowest BCUT2D eigenvalue weighted by atomic mass is 9.98. The number of nitrogens with one attached hydrogen (secondary N) is 1. The van der Waals surface area contributed by atoms with Crippen molar-refractivity contribution in [2.75, 3.05) is 37.9 Å². The highest BCUT2D eigenvalue weighted by atomic mass is 32.1. The number of thiazole rings is 1. The largest absolute Gasteiger partial charge is 0.382 e. The molecule has 7 heteroatoms. The van der Waals surface area contributed by atoms with Crippen molar-refractivity contribution >= 4 is 28.2 Å². The molecule has 1 fully saturated rings. The Hall–Kier alpha value is -1.34. The first kappa shape index (κ1) is 16.0. The third-order valence-corrected chi connectivity index (χ3v) is 4.76. The molecule has 6 nitrogen and oxygen atoms in total. The molecule has 0 saturated heterocycles. The maximum atomic E-state index is 12.1. The molecule has 0 aliphatic heterocycles. The minimum Gasteiger partial charge on any atom is -0.382 e. The smallest absolute Gasteiger partial charge is 0.265 e. The fourth-order valence-corrected chi connectivity index (χ4v) is 3.20. The van der Waals surface area contributed by atoms with Crippen molar-refractivity contribution in [2.24, 2.45) is 0 Å². The van der Waals surface area contributed by atoms with Gasteiger partial charge in [-0.1, -0.05) is 30.6 Å². The van der Waals surface area contributed by atoms with Gasteiger partial charge in [-0.05, 0) is 12.8 Å². The molecule has 2 rings (SSSR count). The molecule has 0 radical (unpaired) electrons. The second-order valence-electron chi connectivity index (χ2n) is 5.49. The van der Waals surface area contributed by atoms with Crippen molar-refractivity contribution in [3.8, 4) is 0 Å². The summed E-state index contributed by atoms with van der Waals surface area (Å²) in [5.41, 5.74) is 5.78. The zero-order chi connectivity index (χ0) is 15.2. The highest BCUT2D eigenvalue weighted by Crippen LogP contribution is 2.26. The van der Waals surface area contributed by atoms with Crippen LogP contribution in [-0.4, -0.2) is 44.2 Å². The Balaban J connectivity index is 1.74. The number of hydrogen-bond acceptors (Lipinski definition) is 6. The molecule has 0 bridgehead atoms. The summed E-state index contributed by atoms with van der Waals surface area (Å²) in [4.78, 5) is 18.5. The Morgan fingerprint density at radius 2 is 2.14 bits per heavy atom. The Morgan fingerprint density at radius 3 is 2.76 bits per heavy atom. The van der Waals surface area contributed by atoms with Crippen molar-refractivity contribution in [1.29, 1.82) is 0 Å². The number of nitrogen functional groups attached to an aromatic ring is 1. The topological polar surface area (TPSA) is 80.5 Å². The number of anilines is 2. The lowest BCUT2D eigenvalue weighted by Crippen LogP contribution is -2.29. The summed E-state index contributed by atoms with van der Waals surface area (Å²) in [6.07, 6.45) is 6.47. The average Bonchev–Trinajstić information content (AvgIpc) is 2.87. The van der Waals surface area contributed by atoms with Gasteiger partial charge in [0.25, 0.3) is 5.91 Å². The summed E-state index contributed by atoms with van der Waals surface area (Å²) in [5.74, 6) is 0.111. The van der Waals surface area contributed by atoms with E-state index in [4.69, 9.17) is 10.5 Å². The van der Waals surface area contributed by atoms with Gasteiger partial charge in [0.2, 0.25) is 0 Å². The number of nitrogens with two attached hydrogens (primary N) is 1. The van der Waals surface area contributed by atoms with E-state index in [2.05, 4.69) is 10.3 Å². The molecule has 1 heterocycles. The van der Waals surface area contributed by atoms with Crippen LogP contribution in [0.2, 0.25) is 0 Å². The molecule has 1 aliphatic carbocycles. The Bertz CT molecular complexity index is 470. The van der Waals surface area contributed by atoms with Crippen LogP contribution in [0.1, 0.15) is 41.8 Å². The summed E-state index contributed by atoms with van der Waals surface area (Å²) in [6, 6.07) is 0. The van der Waals surface area contributed by atoms with Crippen LogP contribution in [0.25, 0.3) is 0 Å².